The van der Waals surface area contributed by atoms with E-state index >= 15 is 0 Å². The van der Waals surface area contributed by atoms with Crippen molar-refractivity contribution in [3.8, 4) is 5.88 Å². The van der Waals surface area contributed by atoms with E-state index in [1.165, 1.54) is 18.2 Å². The first-order valence-corrected chi connectivity index (χ1v) is 7.57. The molecule has 2 rings (SSSR count). The third-order valence-electron chi connectivity index (χ3n) is 3.65. The van der Waals surface area contributed by atoms with Gasteiger partial charge in [-0.1, -0.05) is 13.0 Å². The minimum atomic E-state index is -4.43. The second kappa shape index (κ2) is 7.63. The van der Waals surface area contributed by atoms with Crippen molar-refractivity contribution in [2.45, 2.75) is 19.5 Å². The Balaban J connectivity index is 2.01. The van der Waals surface area contributed by atoms with Crippen molar-refractivity contribution < 1.29 is 22.7 Å². The molecule has 0 aliphatic carbocycles. The van der Waals surface area contributed by atoms with Crippen LogP contribution >= 0.6 is 0 Å². The van der Waals surface area contributed by atoms with Crippen molar-refractivity contribution in [1.29, 1.82) is 0 Å². The number of hydrogen-bond donors (Lipinski definition) is 0. The van der Waals surface area contributed by atoms with Crippen molar-refractivity contribution in [3.63, 3.8) is 0 Å². The zero-order valence-electron chi connectivity index (χ0n) is 13.0. The van der Waals surface area contributed by atoms with Crippen LogP contribution in [-0.4, -0.2) is 66.2 Å². The van der Waals surface area contributed by atoms with Crippen molar-refractivity contribution >= 4 is 5.91 Å². The number of aromatic nitrogens is 1. The molecule has 128 valence electrons. The fraction of sp³-hybridized carbons (Fsp3) is 0.600. The van der Waals surface area contributed by atoms with Gasteiger partial charge in [0, 0.05) is 25.7 Å². The highest BCUT2D eigenvalue weighted by Gasteiger charge is 2.29. The fourth-order valence-electron chi connectivity index (χ4n) is 2.42. The topological polar surface area (TPSA) is 45.7 Å². The Hall–Kier alpha value is -1.83. The normalized spacial score (nSPS) is 17.0. The van der Waals surface area contributed by atoms with Crippen molar-refractivity contribution in [1.82, 2.24) is 14.8 Å². The van der Waals surface area contributed by atoms with Crippen LogP contribution in [0.1, 0.15) is 23.8 Å². The first kappa shape index (κ1) is 17.5. The summed E-state index contributed by atoms with van der Waals surface area (Å²) in [5.41, 5.74) is 0.106. The summed E-state index contributed by atoms with van der Waals surface area (Å²) in [5.74, 6) is -0.474. The Morgan fingerprint density at radius 2 is 2.04 bits per heavy atom. The molecule has 0 radical (unpaired) electrons. The molecule has 0 N–H and O–H groups in total. The predicted molar refractivity (Wildman–Crippen MR) is 78.4 cm³/mol. The van der Waals surface area contributed by atoms with Gasteiger partial charge >= 0.3 is 6.18 Å². The lowest BCUT2D eigenvalue weighted by molar-refractivity contribution is -0.154. The molecule has 1 aliphatic rings. The Kier molecular flexibility index (Phi) is 5.81. The number of ether oxygens (including phenoxy) is 1. The second-order valence-electron chi connectivity index (χ2n) is 5.34. The molecule has 0 bridgehead atoms. The number of carbonyl (C=O) groups is 1. The summed E-state index contributed by atoms with van der Waals surface area (Å²) < 4.78 is 41.1. The highest BCUT2D eigenvalue weighted by Crippen LogP contribution is 2.17. The van der Waals surface area contributed by atoms with E-state index in [-0.39, 0.29) is 17.5 Å². The lowest BCUT2D eigenvalue weighted by Gasteiger charge is -2.21. The van der Waals surface area contributed by atoms with Gasteiger partial charge in [-0.05, 0) is 25.6 Å². The van der Waals surface area contributed by atoms with Crippen LogP contribution in [-0.2, 0) is 0 Å². The van der Waals surface area contributed by atoms with Crippen molar-refractivity contribution in [2.24, 2.45) is 0 Å². The van der Waals surface area contributed by atoms with Crippen LogP contribution < -0.4 is 4.74 Å². The Bertz CT molecular complexity index is 537. The van der Waals surface area contributed by atoms with E-state index in [1.54, 1.807) is 4.90 Å². The first-order chi connectivity index (χ1) is 10.9. The van der Waals surface area contributed by atoms with E-state index in [0.717, 1.165) is 26.1 Å². The Labute approximate surface area is 133 Å². The number of amides is 1. The van der Waals surface area contributed by atoms with Crippen LogP contribution in [0.15, 0.2) is 18.2 Å². The third kappa shape index (κ3) is 5.38. The number of pyridine rings is 1. The maximum atomic E-state index is 12.5. The van der Waals surface area contributed by atoms with Gasteiger partial charge in [-0.3, -0.25) is 4.79 Å². The van der Waals surface area contributed by atoms with Crippen LogP contribution in [0.2, 0.25) is 0 Å². The standard InChI is InChI=1S/C15H20F3N3O2/c1-2-20-7-4-8-21(10-9-20)14(22)12-5-3-6-13(19-12)23-11-15(16,17)18/h3,5-6H,2,4,7-11H2,1H3. The first-order valence-electron chi connectivity index (χ1n) is 7.57. The molecule has 1 aliphatic heterocycles. The zero-order valence-corrected chi connectivity index (χ0v) is 13.0. The molecule has 0 atom stereocenters. The molecule has 23 heavy (non-hydrogen) atoms. The summed E-state index contributed by atoms with van der Waals surface area (Å²) in [6, 6.07) is 4.27. The second-order valence-corrected chi connectivity index (χ2v) is 5.34. The molecular weight excluding hydrogens is 311 g/mol. The van der Waals surface area contributed by atoms with Crippen molar-refractivity contribution in [3.05, 3.63) is 23.9 Å². The van der Waals surface area contributed by atoms with Gasteiger partial charge in [0.1, 0.15) is 5.69 Å². The average Bonchev–Trinajstić information content (AvgIpc) is 2.77. The number of likely N-dealkylation sites (N-methyl/N-ethyl adjacent to an activating group) is 1. The summed E-state index contributed by atoms with van der Waals surface area (Å²) in [6.07, 6.45) is -3.57. The molecule has 1 saturated heterocycles. The maximum absolute atomic E-state index is 12.5. The molecule has 2 heterocycles. The monoisotopic (exact) mass is 331 g/mol. The molecule has 5 nitrogen and oxygen atoms in total. The number of rotatable bonds is 4. The van der Waals surface area contributed by atoms with Gasteiger partial charge in [0.25, 0.3) is 5.91 Å². The molecule has 0 unspecified atom stereocenters. The van der Waals surface area contributed by atoms with Crippen LogP contribution in [0, 0.1) is 0 Å². The summed E-state index contributed by atoms with van der Waals surface area (Å²) >= 11 is 0. The van der Waals surface area contributed by atoms with E-state index in [2.05, 4.69) is 21.5 Å². The molecular formula is C15H20F3N3O2. The number of alkyl halides is 3. The van der Waals surface area contributed by atoms with Crippen LogP contribution in [0.4, 0.5) is 13.2 Å². The van der Waals surface area contributed by atoms with Gasteiger partial charge < -0.3 is 14.5 Å². The van der Waals surface area contributed by atoms with Gasteiger partial charge in [-0.25, -0.2) is 4.98 Å². The number of carbonyl (C=O) groups excluding carboxylic acids is 1. The number of hydrogen-bond acceptors (Lipinski definition) is 4. The minimum Gasteiger partial charge on any atom is -0.468 e. The van der Waals surface area contributed by atoms with E-state index in [4.69, 9.17) is 0 Å². The molecule has 1 aromatic rings. The van der Waals surface area contributed by atoms with Gasteiger partial charge in [0.2, 0.25) is 5.88 Å². The van der Waals surface area contributed by atoms with Crippen LogP contribution in [0.3, 0.4) is 0 Å². The minimum absolute atomic E-state index is 0.106. The van der Waals surface area contributed by atoms with E-state index in [9.17, 15) is 18.0 Å². The average molecular weight is 331 g/mol. The van der Waals surface area contributed by atoms with E-state index in [1.807, 2.05) is 0 Å². The lowest BCUT2D eigenvalue weighted by atomic mass is 10.3. The van der Waals surface area contributed by atoms with Gasteiger partial charge in [0.05, 0.1) is 0 Å². The summed E-state index contributed by atoms with van der Waals surface area (Å²) in [4.78, 5) is 20.3. The third-order valence-corrected chi connectivity index (χ3v) is 3.65. The summed E-state index contributed by atoms with van der Waals surface area (Å²) in [5, 5.41) is 0. The molecule has 0 saturated carbocycles. The smallest absolute Gasteiger partial charge is 0.422 e. The molecule has 1 aromatic heterocycles. The predicted octanol–water partition coefficient (Wildman–Crippen LogP) is 2.19. The SMILES string of the molecule is CCN1CCCN(C(=O)c2cccc(OCC(F)(F)F)n2)CC1. The number of halogens is 3. The number of nitrogens with zero attached hydrogens (tertiary/aromatic N) is 3. The molecule has 1 amide bonds. The molecule has 0 aromatic carbocycles. The summed E-state index contributed by atoms with van der Waals surface area (Å²) in [7, 11) is 0. The van der Waals surface area contributed by atoms with Crippen LogP contribution in [0.25, 0.3) is 0 Å². The summed E-state index contributed by atoms with van der Waals surface area (Å²) in [6.45, 7) is 4.50. The molecule has 0 spiro atoms. The van der Waals surface area contributed by atoms with E-state index < -0.39 is 12.8 Å². The highest BCUT2D eigenvalue weighted by molar-refractivity contribution is 5.92. The Morgan fingerprint density at radius 1 is 1.26 bits per heavy atom. The van der Waals surface area contributed by atoms with Gasteiger partial charge in [0.15, 0.2) is 6.61 Å². The lowest BCUT2D eigenvalue weighted by Crippen LogP contribution is -2.35. The van der Waals surface area contributed by atoms with Crippen molar-refractivity contribution in [2.75, 3.05) is 39.3 Å². The molecule has 8 heteroatoms. The largest absolute Gasteiger partial charge is 0.468 e. The zero-order chi connectivity index (χ0) is 16.9. The quantitative estimate of drug-likeness (QED) is 0.848. The Morgan fingerprint density at radius 3 is 2.74 bits per heavy atom. The fourth-order valence-corrected chi connectivity index (χ4v) is 2.42. The van der Waals surface area contributed by atoms with Gasteiger partial charge in [-0.2, -0.15) is 13.2 Å². The highest BCUT2D eigenvalue weighted by atomic mass is 19.4. The van der Waals surface area contributed by atoms with Crippen LogP contribution in [0.5, 0.6) is 5.88 Å². The maximum Gasteiger partial charge on any atom is 0.422 e. The van der Waals surface area contributed by atoms with Gasteiger partial charge in [-0.15, -0.1) is 0 Å². The van der Waals surface area contributed by atoms with E-state index in [0.29, 0.717) is 13.1 Å². The molecule has 1 fully saturated rings.